The van der Waals surface area contributed by atoms with Gasteiger partial charge in [0.1, 0.15) is 5.82 Å². The number of hydrogen-bond donors (Lipinski definition) is 1. The highest BCUT2D eigenvalue weighted by atomic mass is 32.2. The summed E-state index contributed by atoms with van der Waals surface area (Å²) in [6.07, 6.45) is 1.48. The van der Waals surface area contributed by atoms with E-state index in [1.165, 1.54) is 24.3 Å². The third-order valence-corrected chi connectivity index (χ3v) is 6.33. The molecule has 0 saturated carbocycles. The molecule has 1 heterocycles. The lowest BCUT2D eigenvalue weighted by atomic mass is 10.1. The quantitative estimate of drug-likeness (QED) is 0.265. The molecular formula is C23H24FN3O6S. The number of nitrogens with one attached hydrogen (secondary N) is 1. The molecule has 2 aromatic carbocycles. The largest absolute Gasteiger partial charge is 0.356 e. The van der Waals surface area contributed by atoms with Crippen LogP contribution in [0.4, 0.5) is 4.39 Å². The van der Waals surface area contributed by atoms with E-state index in [4.69, 9.17) is 0 Å². The van der Waals surface area contributed by atoms with Gasteiger partial charge in [0, 0.05) is 24.2 Å². The van der Waals surface area contributed by atoms with Crippen LogP contribution in [0.2, 0.25) is 0 Å². The van der Waals surface area contributed by atoms with Crippen molar-refractivity contribution in [3.05, 3.63) is 81.8 Å². The first kappa shape index (κ1) is 24.9. The van der Waals surface area contributed by atoms with Gasteiger partial charge >= 0.3 is 0 Å². The van der Waals surface area contributed by atoms with Crippen molar-refractivity contribution in [2.45, 2.75) is 24.7 Å². The van der Waals surface area contributed by atoms with Crippen LogP contribution in [0.25, 0.3) is 16.9 Å². The summed E-state index contributed by atoms with van der Waals surface area (Å²) in [5, 5.41) is 12.0. The van der Waals surface area contributed by atoms with Crippen molar-refractivity contribution in [2.24, 2.45) is 0 Å². The van der Waals surface area contributed by atoms with Gasteiger partial charge in [0.05, 0.1) is 23.6 Å². The molecule has 0 spiro atoms. The summed E-state index contributed by atoms with van der Waals surface area (Å²) in [7, 11) is -3.35. The number of rotatable bonds is 10. The number of carbonyl (C=O) groups is 1. The van der Waals surface area contributed by atoms with Gasteiger partial charge in [0.15, 0.2) is 9.84 Å². The average Bonchev–Trinajstić information content (AvgIpc) is 3.09. The van der Waals surface area contributed by atoms with Crippen LogP contribution < -0.4 is 5.32 Å². The first-order chi connectivity index (χ1) is 16.1. The van der Waals surface area contributed by atoms with Gasteiger partial charge in [0.25, 0.3) is 5.09 Å². The summed E-state index contributed by atoms with van der Waals surface area (Å²) in [5.41, 5.74) is 3.62. The zero-order chi connectivity index (χ0) is 24.9. The van der Waals surface area contributed by atoms with Crippen LogP contribution >= 0.6 is 0 Å². The minimum Gasteiger partial charge on any atom is -0.356 e. The summed E-state index contributed by atoms with van der Waals surface area (Å²) >= 11 is 0. The second-order valence-corrected chi connectivity index (χ2v) is 9.70. The van der Waals surface area contributed by atoms with Crippen LogP contribution in [0.5, 0.6) is 0 Å². The molecule has 0 radical (unpaired) electrons. The molecule has 0 aliphatic rings. The standard InChI is InChI=1S/C23H24FN3O6S/c1-16-18(15-23(28)25-12-3-13-33-27(29)30)14-22(26(16)20-8-6-19(24)7-9-20)17-4-10-21(11-5-17)34(2,31)32/h4-11,14H,3,12-13,15H2,1-2H3,(H,25,28). The summed E-state index contributed by atoms with van der Waals surface area (Å²) < 4.78 is 39.0. The van der Waals surface area contributed by atoms with E-state index in [2.05, 4.69) is 10.2 Å². The number of nitrogens with zero attached hydrogens (tertiary/aromatic N) is 2. The molecule has 0 atom stereocenters. The van der Waals surface area contributed by atoms with E-state index in [0.717, 1.165) is 23.1 Å². The van der Waals surface area contributed by atoms with Gasteiger partial charge in [0.2, 0.25) is 5.91 Å². The second-order valence-electron chi connectivity index (χ2n) is 7.69. The smallest absolute Gasteiger partial charge is 0.294 e. The van der Waals surface area contributed by atoms with Crippen molar-refractivity contribution in [3.63, 3.8) is 0 Å². The minimum atomic E-state index is -3.35. The predicted molar refractivity (Wildman–Crippen MR) is 123 cm³/mol. The fourth-order valence-corrected chi connectivity index (χ4v) is 4.15. The molecule has 1 amide bonds. The molecular weight excluding hydrogens is 465 g/mol. The number of hydrogen-bond acceptors (Lipinski definition) is 6. The lowest BCUT2D eigenvalue weighted by Gasteiger charge is -2.13. The minimum absolute atomic E-state index is 0.0601. The summed E-state index contributed by atoms with van der Waals surface area (Å²) in [4.78, 5) is 27.0. The predicted octanol–water partition coefficient (Wildman–Crippen LogP) is 3.25. The monoisotopic (exact) mass is 489 g/mol. The Morgan fingerprint density at radius 2 is 1.79 bits per heavy atom. The van der Waals surface area contributed by atoms with Crippen LogP contribution in [-0.2, 0) is 25.9 Å². The first-order valence-electron chi connectivity index (χ1n) is 10.4. The first-order valence-corrected chi connectivity index (χ1v) is 12.3. The van der Waals surface area contributed by atoms with Gasteiger partial charge in [-0.25, -0.2) is 12.8 Å². The second kappa shape index (κ2) is 10.5. The zero-order valence-corrected chi connectivity index (χ0v) is 19.5. The third kappa shape index (κ3) is 6.19. The SMILES string of the molecule is Cc1c(CC(=O)NCCCO[N+](=O)[O-])cc(-c2ccc(S(C)(=O)=O)cc2)n1-c1ccc(F)cc1. The fraction of sp³-hybridized carbons (Fsp3) is 0.261. The number of benzene rings is 2. The normalized spacial score (nSPS) is 11.3. The Kier molecular flexibility index (Phi) is 7.67. The van der Waals surface area contributed by atoms with Gasteiger partial charge in [-0.1, -0.05) is 12.1 Å². The Labute approximate surface area is 196 Å². The molecule has 3 rings (SSSR count). The molecule has 0 aliphatic carbocycles. The van der Waals surface area contributed by atoms with Crippen LogP contribution in [-0.4, -0.2) is 43.4 Å². The number of sulfone groups is 1. The van der Waals surface area contributed by atoms with Crippen LogP contribution in [0.15, 0.2) is 59.5 Å². The van der Waals surface area contributed by atoms with Gasteiger partial charge in [-0.15, -0.1) is 10.1 Å². The van der Waals surface area contributed by atoms with Crippen LogP contribution in [0, 0.1) is 22.9 Å². The summed E-state index contributed by atoms with van der Waals surface area (Å²) in [5.74, 6) is -0.646. The van der Waals surface area contributed by atoms with Gasteiger partial charge in [-0.3, -0.25) is 4.79 Å². The molecule has 0 unspecified atom stereocenters. The highest BCUT2D eigenvalue weighted by Crippen LogP contribution is 2.30. The van der Waals surface area contributed by atoms with E-state index in [9.17, 15) is 27.7 Å². The van der Waals surface area contributed by atoms with Gasteiger partial charge in [-0.05, 0) is 66.9 Å². The van der Waals surface area contributed by atoms with E-state index in [1.807, 2.05) is 17.6 Å². The van der Waals surface area contributed by atoms with Crippen molar-refractivity contribution >= 4 is 15.7 Å². The Morgan fingerprint density at radius 1 is 1.15 bits per heavy atom. The topological polar surface area (TPSA) is 121 Å². The van der Waals surface area contributed by atoms with Crippen molar-refractivity contribution in [2.75, 3.05) is 19.4 Å². The van der Waals surface area contributed by atoms with Crippen LogP contribution in [0.1, 0.15) is 17.7 Å². The maximum absolute atomic E-state index is 13.5. The third-order valence-electron chi connectivity index (χ3n) is 5.21. The van der Waals surface area contributed by atoms with E-state index < -0.39 is 14.9 Å². The van der Waals surface area contributed by atoms with E-state index in [0.29, 0.717) is 17.8 Å². The lowest BCUT2D eigenvalue weighted by molar-refractivity contribution is -0.757. The molecule has 180 valence electrons. The highest BCUT2D eigenvalue weighted by Gasteiger charge is 2.18. The maximum atomic E-state index is 13.5. The molecule has 11 heteroatoms. The van der Waals surface area contributed by atoms with Crippen LogP contribution in [0.3, 0.4) is 0 Å². The molecule has 34 heavy (non-hydrogen) atoms. The molecule has 0 fully saturated rings. The van der Waals surface area contributed by atoms with E-state index >= 15 is 0 Å². The Morgan fingerprint density at radius 3 is 2.38 bits per heavy atom. The highest BCUT2D eigenvalue weighted by molar-refractivity contribution is 7.90. The van der Waals surface area contributed by atoms with E-state index in [1.54, 1.807) is 24.3 Å². The molecule has 0 saturated heterocycles. The molecule has 0 aliphatic heterocycles. The van der Waals surface area contributed by atoms with E-state index in [-0.39, 0.29) is 36.2 Å². The molecule has 0 bridgehead atoms. The van der Waals surface area contributed by atoms with Crippen molar-refractivity contribution in [1.29, 1.82) is 0 Å². The Bertz CT molecular complexity index is 1290. The number of amides is 1. The van der Waals surface area contributed by atoms with Crippen molar-refractivity contribution in [1.82, 2.24) is 9.88 Å². The zero-order valence-electron chi connectivity index (χ0n) is 18.7. The van der Waals surface area contributed by atoms with Crippen molar-refractivity contribution < 1.29 is 27.5 Å². The number of aromatic nitrogens is 1. The summed E-state index contributed by atoms with van der Waals surface area (Å²) in [6.45, 7) is 1.95. The average molecular weight is 490 g/mol. The molecule has 1 N–H and O–H groups in total. The lowest BCUT2D eigenvalue weighted by Crippen LogP contribution is -2.27. The van der Waals surface area contributed by atoms with Gasteiger partial charge in [-0.2, -0.15) is 0 Å². The number of carbonyl (C=O) groups excluding carboxylic acids is 1. The Hall–Kier alpha value is -3.73. The molecule has 9 nitrogen and oxygen atoms in total. The number of halogens is 1. The van der Waals surface area contributed by atoms with Crippen molar-refractivity contribution in [3.8, 4) is 16.9 Å². The maximum Gasteiger partial charge on any atom is 0.294 e. The molecule has 1 aromatic heterocycles. The van der Waals surface area contributed by atoms with Gasteiger partial charge < -0.3 is 14.7 Å². The summed E-state index contributed by atoms with van der Waals surface area (Å²) in [6, 6.07) is 14.2. The molecule has 3 aromatic rings. The fourth-order valence-electron chi connectivity index (χ4n) is 3.52. The Balaban J connectivity index is 1.89.